The van der Waals surface area contributed by atoms with E-state index in [1.165, 1.54) is 4.90 Å². The van der Waals surface area contributed by atoms with Gasteiger partial charge in [0.1, 0.15) is 23.4 Å². The lowest BCUT2D eigenvalue weighted by Gasteiger charge is -2.25. The summed E-state index contributed by atoms with van der Waals surface area (Å²) in [6.45, 7) is 5.52. The van der Waals surface area contributed by atoms with Crippen LogP contribution >= 0.6 is 0 Å². The molecule has 0 aliphatic carbocycles. The molecule has 1 saturated heterocycles. The number of carbonyl (C=O) groups is 2. The first-order valence-electron chi connectivity index (χ1n) is 12.7. The summed E-state index contributed by atoms with van der Waals surface area (Å²) in [6, 6.07) is 12.1. The fourth-order valence-corrected chi connectivity index (χ4v) is 4.88. The lowest BCUT2D eigenvalue weighted by atomic mass is 9.94. The summed E-state index contributed by atoms with van der Waals surface area (Å²) < 4.78 is 16.9. The molecule has 2 heterocycles. The third-order valence-electron chi connectivity index (χ3n) is 6.65. The number of fused-ring (bicyclic) bond motifs is 1. The van der Waals surface area contributed by atoms with E-state index in [0.717, 1.165) is 42.6 Å². The molecule has 2 aliphatic heterocycles. The molecule has 2 aliphatic rings. The third kappa shape index (κ3) is 5.41. The van der Waals surface area contributed by atoms with Crippen molar-refractivity contribution in [2.75, 3.05) is 26.9 Å². The van der Waals surface area contributed by atoms with E-state index in [9.17, 15) is 14.7 Å². The van der Waals surface area contributed by atoms with Crippen LogP contribution in [0.2, 0.25) is 0 Å². The highest BCUT2D eigenvalue weighted by atomic mass is 16.5. The zero-order valence-electron chi connectivity index (χ0n) is 21.3. The molecular formula is C29H35NO6. The van der Waals surface area contributed by atoms with Crippen LogP contribution in [0.3, 0.4) is 0 Å². The van der Waals surface area contributed by atoms with Gasteiger partial charge in [-0.15, -0.1) is 0 Å². The number of hydrogen-bond donors (Lipinski definition) is 1. The number of aliphatic hydroxyl groups is 1. The minimum absolute atomic E-state index is 0.0591. The second kappa shape index (κ2) is 11.6. The lowest BCUT2D eigenvalue weighted by molar-refractivity contribution is -0.140. The normalized spacial score (nSPS) is 20.5. The Kier molecular flexibility index (Phi) is 8.31. The molecule has 36 heavy (non-hydrogen) atoms. The Balaban J connectivity index is 1.72. The van der Waals surface area contributed by atoms with Gasteiger partial charge in [-0.2, -0.15) is 0 Å². The van der Waals surface area contributed by atoms with Crippen LogP contribution in [0.4, 0.5) is 0 Å². The molecule has 1 fully saturated rings. The predicted octanol–water partition coefficient (Wildman–Crippen LogP) is 5.04. The number of ketones is 1. The molecular weight excluding hydrogens is 458 g/mol. The molecule has 2 aromatic rings. The van der Waals surface area contributed by atoms with Crippen LogP contribution in [0.5, 0.6) is 11.5 Å². The summed E-state index contributed by atoms with van der Waals surface area (Å²) in [7, 11) is 1.60. The number of aliphatic hydroxyl groups excluding tert-OH is 1. The second-order valence-corrected chi connectivity index (χ2v) is 9.42. The number of likely N-dealkylation sites (tertiary alicyclic amines) is 1. The zero-order valence-corrected chi connectivity index (χ0v) is 21.3. The summed E-state index contributed by atoms with van der Waals surface area (Å²) in [6.07, 6.45) is 4.50. The number of ether oxygens (including phenoxy) is 3. The van der Waals surface area contributed by atoms with E-state index < -0.39 is 17.7 Å². The molecule has 7 heteroatoms. The van der Waals surface area contributed by atoms with Gasteiger partial charge in [-0.3, -0.25) is 9.59 Å². The first-order valence-corrected chi connectivity index (χ1v) is 12.7. The highest BCUT2D eigenvalue weighted by Crippen LogP contribution is 2.41. The highest BCUT2D eigenvalue weighted by molar-refractivity contribution is 6.46. The van der Waals surface area contributed by atoms with Crippen LogP contribution in [0.25, 0.3) is 5.76 Å². The average molecular weight is 494 g/mol. The van der Waals surface area contributed by atoms with E-state index in [0.29, 0.717) is 37.5 Å². The molecule has 2 atom stereocenters. The number of rotatable bonds is 11. The van der Waals surface area contributed by atoms with Crippen LogP contribution in [0.15, 0.2) is 48.0 Å². The monoisotopic (exact) mass is 493 g/mol. The van der Waals surface area contributed by atoms with E-state index in [1.807, 2.05) is 43.3 Å². The fourth-order valence-electron chi connectivity index (χ4n) is 4.88. The van der Waals surface area contributed by atoms with E-state index in [1.54, 1.807) is 13.2 Å². The Hall–Kier alpha value is -3.32. The number of carbonyl (C=O) groups excluding carboxylic acids is 2. The van der Waals surface area contributed by atoms with Gasteiger partial charge in [-0.1, -0.05) is 31.9 Å². The van der Waals surface area contributed by atoms with E-state index >= 15 is 0 Å². The molecule has 0 bridgehead atoms. The maximum atomic E-state index is 13.3. The number of unbranched alkanes of at least 4 members (excludes halogenated alkanes) is 2. The number of benzene rings is 2. The standard InChI is InChI=1S/C29H35NO6/c1-4-5-6-15-35-23-10-7-9-20(18-23)26-25(28(32)29(33)30(26)13-8-14-34-3)27(31)21-11-12-24-22(17-21)16-19(2)36-24/h7,9-12,17-19,26,31H,4-6,8,13-16H2,1-3H3/t19-,26+/m0/s1. The fraction of sp³-hybridized carbons (Fsp3) is 0.448. The van der Waals surface area contributed by atoms with Gasteiger partial charge in [0.2, 0.25) is 0 Å². The molecule has 1 amide bonds. The maximum Gasteiger partial charge on any atom is 0.295 e. The number of nitrogens with zero attached hydrogens (tertiary/aromatic N) is 1. The highest BCUT2D eigenvalue weighted by Gasteiger charge is 2.46. The Morgan fingerprint density at radius 2 is 1.94 bits per heavy atom. The largest absolute Gasteiger partial charge is 0.507 e. The Labute approximate surface area is 212 Å². The minimum Gasteiger partial charge on any atom is -0.507 e. The van der Waals surface area contributed by atoms with Crippen molar-refractivity contribution in [2.45, 2.75) is 58.1 Å². The van der Waals surface area contributed by atoms with Crippen molar-refractivity contribution in [1.82, 2.24) is 4.90 Å². The summed E-state index contributed by atoms with van der Waals surface area (Å²) >= 11 is 0. The summed E-state index contributed by atoms with van der Waals surface area (Å²) in [4.78, 5) is 27.9. The van der Waals surface area contributed by atoms with Crippen LogP contribution in [0.1, 0.15) is 62.3 Å². The summed E-state index contributed by atoms with van der Waals surface area (Å²) in [5.74, 6) is -0.0261. The maximum absolute atomic E-state index is 13.3. The minimum atomic E-state index is -0.718. The average Bonchev–Trinajstić information content (AvgIpc) is 3.37. The molecule has 0 unspecified atom stereocenters. The van der Waals surface area contributed by atoms with Gasteiger partial charge in [0.25, 0.3) is 11.7 Å². The van der Waals surface area contributed by atoms with Crippen molar-refractivity contribution in [1.29, 1.82) is 0 Å². The quantitative estimate of drug-likeness (QED) is 0.204. The predicted molar refractivity (Wildman–Crippen MR) is 137 cm³/mol. The van der Waals surface area contributed by atoms with Crippen molar-refractivity contribution in [3.8, 4) is 11.5 Å². The van der Waals surface area contributed by atoms with Gasteiger partial charge in [0.05, 0.1) is 18.2 Å². The van der Waals surface area contributed by atoms with Crippen LogP contribution in [-0.2, 0) is 20.7 Å². The Bertz CT molecular complexity index is 1140. The van der Waals surface area contributed by atoms with Crippen molar-refractivity contribution in [3.05, 3.63) is 64.7 Å². The van der Waals surface area contributed by atoms with Gasteiger partial charge in [0.15, 0.2) is 0 Å². The van der Waals surface area contributed by atoms with Crippen molar-refractivity contribution in [3.63, 3.8) is 0 Å². The molecule has 0 radical (unpaired) electrons. The van der Waals surface area contributed by atoms with Crippen molar-refractivity contribution < 1.29 is 28.9 Å². The van der Waals surface area contributed by atoms with Crippen LogP contribution in [-0.4, -0.2) is 54.7 Å². The van der Waals surface area contributed by atoms with E-state index in [4.69, 9.17) is 14.2 Å². The lowest BCUT2D eigenvalue weighted by Crippen LogP contribution is -2.31. The first kappa shape index (κ1) is 25.8. The molecule has 0 aromatic heterocycles. The van der Waals surface area contributed by atoms with E-state index in [2.05, 4.69) is 6.92 Å². The first-order chi connectivity index (χ1) is 17.4. The number of Topliss-reactive ketones (excluding diaryl/α,β-unsaturated/α-hetero) is 1. The molecule has 0 spiro atoms. The zero-order chi connectivity index (χ0) is 25.7. The summed E-state index contributed by atoms with van der Waals surface area (Å²) in [5, 5.41) is 11.4. The number of methoxy groups -OCH3 is 1. The van der Waals surface area contributed by atoms with Crippen molar-refractivity contribution in [2.24, 2.45) is 0 Å². The van der Waals surface area contributed by atoms with Crippen LogP contribution < -0.4 is 9.47 Å². The Morgan fingerprint density at radius 3 is 2.72 bits per heavy atom. The van der Waals surface area contributed by atoms with Gasteiger partial charge in [-0.05, 0) is 61.2 Å². The topological polar surface area (TPSA) is 85.3 Å². The number of hydrogen-bond acceptors (Lipinski definition) is 6. The smallest absolute Gasteiger partial charge is 0.295 e. The molecule has 192 valence electrons. The SMILES string of the molecule is CCCCCOc1cccc([C@@H]2C(=C(O)c3ccc4c(c3)C[C@H](C)O4)C(=O)C(=O)N2CCCOC)c1. The molecule has 1 N–H and O–H groups in total. The second-order valence-electron chi connectivity index (χ2n) is 9.42. The van der Waals surface area contributed by atoms with Crippen LogP contribution in [0, 0.1) is 0 Å². The summed E-state index contributed by atoms with van der Waals surface area (Å²) in [5.41, 5.74) is 2.28. The van der Waals surface area contributed by atoms with Gasteiger partial charge in [0, 0.05) is 32.2 Å². The van der Waals surface area contributed by atoms with Gasteiger partial charge >= 0.3 is 0 Å². The molecule has 7 nitrogen and oxygen atoms in total. The molecule has 2 aromatic carbocycles. The Morgan fingerprint density at radius 1 is 1.11 bits per heavy atom. The number of amides is 1. The molecule has 0 saturated carbocycles. The third-order valence-corrected chi connectivity index (χ3v) is 6.65. The van der Waals surface area contributed by atoms with E-state index in [-0.39, 0.29) is 17.4 Å². The van der Waals surface area contributed by atoms with Gasteiger partial charge < -0.3 is 24.2 Å². The van der Waals surface area contributed by atoms with Gasteiger partial charge in [-0.25, -0.2) is 0 Å². The van der Waals surface area contributed by atoms with Crippen molar-refractivity contribution >= 4 is 17.4 Å². The molecule has 4 rings (SSSR count).